The zero-order chi connectivity index (χ0) is 21.6. The molecule has 0 radical (unpaired) electrons. The minimum Gasteiger partial charge on any atom is -0.466 e. The molecule has 0 saturated carbocycles. The van der Waals surface area contributed by atoms with Gasteiger partial charge < -0.3 is 14.5 Å². The van der Waals surface area contributed by atoms with E-state index in [1.165, 1.54) is 12.1 Å². The summed E-state index contributed by atoms with van der Waals surface area (Å²) in [5.74, 6) is -0.439. The second-order valence-electron chi connectivity index (χ2n) is 8.31. The lowest BCUT2D eigenvalue weighted by Crippen LogP contribution is -2.51. The summed E-state index contributed by atoms with van der Waals surface area (Å²) in [5.41, 5.74) is 0.0402. The summed E-state index contributed by atoms with van der Waals surface area (Å²) in [7, 11) is 0. The first-order valence-corrected chi connectivity index (χ1v) is 10.9. The van der Waals surface area contributed by atoms with Gasteiger partial charge in [-0.05, 0) is 56.7 Å². The fourth-order valence-corrected chi connectivity index (χ4v) is 4.52. The van der Waals surface area contributed by atoms with Crippen molar-refractivity contribution >= 4 is 17.8 Å². The SMILES string of the molecule is CCOC(=O)C1(Cc2ccc(F)cc2)CCCN(C(=O)CCCN2CCCC2=O)C1. The third-order valence-electron chi connectivity index (χ3n) is 6.08. The molecule has 0 bridgehead atoms. The van der Waals surface area contributed by atoms with E-state index >= 15 is 0 Å². The minimum absolute atomic E-state index is 0.00845. The van der Waals surface area contributed by atoms with Crippen LogP contribution in [0.5, 0.6) is 0 Å². The zero-order valence-corrected chi connectivity index (χ0v) is 17.7. The normalized spacial score (nSPS) is 21.7. The van der Waals surface area contributed by atoms with Gasteiger partial charge in [0.05, 0.1) is 12.0 Å². The van der Waals surface area contributed by atoms with Gasteiger partial charge in [0, 0.05) is 39.0 Å². The number of amides is 2. The molecular formula is C23H31FN2O4. The summed E-state index contributed by atoms with van der Waals surface area (Å²) in [6, 6.07) is 6.15. The van der Waals surface area contributed by atoms with Crippen LogP contribution in [-0.2, 0) is 25.5 Å². The molecule has 1 atom stereocenters. The molecule has 0 aliphatic carbocycles. The Morgan fingerprint density at radius 2 is 1.93 bits per heavy atom. The summed E-state index contributed by atoms with van der Waals surface area (Å²) >= 11 is 0. The summed E-state index contributed by atoms with van der Waals surface area (Å²) in [6.45, 7) is 4.37. The van der Waals surface area contributed by atoms with Crippen LogP contribution in [-0.4, -0.2) is 60.4 Å². The number of benzene rings is 1. The molecule has 3 rings (SSSR count). The molecule has 1 aromatic carbocycles. The molecule has 30 heavy (non-hydrogen) atoms. The largest absolute Gasteiger partial charge is 0.466 e. The Labute approximate surface area is 177 Å². The Morgan fingerprint density at radius 1 is 1.17 bits per heavy atom. The fraction of sp³-hybridized carbons (Fsp3) is 0.609. The molecule has 0 spiro atoms. The first-order valence-electron chi connectivity index (χ1n) is 10.9. The van der Waals surface area contributed by atoms with Gasteiger partial charge in [0.15, 0.2) is 0 Å². The van der Waals surface area contributed by atoms with Crippen molar-refractivity contribution in [2.24, 2.45) is 5.41 Å². The van der Waals surface area contributed by atoms with Crippen LogP contribution in [0.15, 0.2) is 24.3 Å². The lowest BCUT2D eigenvalue weighted by atomic mass is 9.75. The molecule has 2 amide bonds. The van der Waals surface area contributed by atoms with E-state index in [9.17, 15) is 18.8 Å². The maximum atomic E-state index is 13.3. The summed E-state index contributed by atoms with van der Waals surface area (Å²) in [5, 5.41) is 0. The van der Waals surface area contributed by atoms with Crippen LogP contribution >= 0.6 is 0 Å². The van der Waals surface area contributed by atoms with Crippen molar-refractivity contribution < 1.29 is 23.5 Å². The number of hydrogen-bond acceptors (Lipinski definition) is 4. The van der Waals surface area contributed by atoms with E-state index in [1.54, 1.807) is 24.0 Å². The quantitative estimate of drug-likeness (QED) is 0.609. The van der Waals surface area contributed by atoms with Crippen LogP contribution in [0, 0.1) is 11.2 Å². The van der Waals surface area contributed by atoms with E-state index in [1.807, 2.05) is 4.90 Å². The molecular weight excluding hydrogens is 387 g/mol. The molecule has 0 N–H and O–H groups in total. The van der Waals surface area contributed by atoms with Crippen LogP contribution in [0.4, 0.5) is 4.39 Å². The number of ether oxygens (including phenoxy) is 1. The van der Waals surface area contributed by atoms with Gasteiger partial charge in [-0.25, -0.2) is 4.39 Å². The predicted octanol–water partition coefficient (Wildman–Crippen LogP) is 2.94. The van der Waals surface area contributed by atoms with E-state index in [4.69, 9.17) is 4.74 Å². The Hall–Kier alpha value is -2.44. The molecule has 1 unspecified atom stereocenters. The Balaban J connectivity index is 1.64. The number of piperidine rings is 1. The van der Waals surface area contributed by atoms with Crippen LogP contribution in [0.3, 0.4) is 0 Å². The second-order valence-corrected chi connectivity index (χ2v) is 8.31. The second kappa shape index (κ2) is 10.0. The van der Waals surface area contributed by atoms with Crippen LogP contribution in [0.25, 0.3) is 0 Å². The summed E-state index contributed by atoms with van der Waals surface area (Å²) in [4.78, 5) is 41.0. The van der Waals surface area contributed by atoms with Crippen molar-refractivity contribution in [3.05, 3.63) is 35.6 Å². The van der Waals surface area contributed by atoms with Crippen molar-refractivity contribution in [2.75, 3.05) is 32.8 Å². The topological polar surface area (TPSA) is 66.9 Å². The van der Waals surface area contributed by atoms with Crippen LogP contribution < -0.4 is 0 Å². The number of likely N-dealkylation sites (tertiary alicyclic amines) is 2. The highest BCUT2D eigenvalue weighted by Crippen LogP contribution is 2.36. The van der Waals surface area contributed by atoms with E-state index < -0.39 is 5.41 Å². The van der Waals surface area contributed by atoms with Gasteiger partial charge in [0.1, 0.15) is 5.82 Å². The van der Waals surface area contributed by atoms with Crippen molar-refractivity contribution in [2.45, 2.75) is 51.9 Å². The molecule has 2 aliphatic heterocycles. The van der Waals surface area contributed by atoms with Gasteiger partial charge in [-0.15, -0.1) is 0 Å². The smallest absolute Gasteiger partial charge is 0.314 e. The number of rotatable bonds is 8. The highest BCUT2D eigenvalue weighted by Gasteiger charge is 2.44. The van der Waals surface area contributed by atoms with Gasteiger partial charge in [-0.2, -0.15) is 0 Å². The molecule has 2 fully saturated rings. The van der Waals surface area contributed by atoms with Crippen molar-refractivity contribution in [3.8, 4) is 0 Å². The van der Waals surface area contributed by atoms with Crippen LogP contribution in [0.1, 0.15) is 51.0 Å². The number of esters is 1. The highest BCUT2D eigenvalue weighted by molar-refractivity contribution is 5.81. The molecule has 6 nitrogen and oxygen atoms in total. The average Bonchev–Trinajstić information content (AvgIpc) is 3.15. The van der Waals surface area contributed by atoms with Crippen molar-refractivity contribution in [1.29, 1.82) is 0 Å². The van der Waals surface area contributed by atoms with Crippen molar-refractivity contribution in [1.82, 2.24) is 9.80 Å². The standard InChI is InChI=1S/C23H31FN2O4/c1-2-30-22(29)23(16-18-8-10-19(24)11-9-18)12-5-15-26(17-23)21(28)7-4-14-25-13-3-6-20(25)27/h8-11H,2-7,12-17H2,1H3. The third-order valence-corrected chi connectivity index (χ3v) is 6.08. The average molecular weight is 419 g/mol. The first-order chi connectivity index (χ1) is 14.4. The maximum Gasteiger partial charge on any atom is 0.314 e. The number of carbonyl (C=O) groups excluding carboxylic acids is 3. The van der Waals surface area contributed by atoms with E-state index in [-0.39, 0.29) is 30.2 Å². The first kappa shape index (κ1) is 22.2. The van der Waals surface area contributed by atoms with Gasteiger partial charge in [0.25, 0.3) is 0 Å². The predicted molar refractivity (Wildman–Crippen MR) is 110 cm³/mol. The maximum absolute atomic E-state index is 13.3. The molecule has 7 heteroatoms. The lowest BCUT2D eigenvalue weighted by Gasteiger charge is -2.41. The minimum atomic E-state index is -0.813. The van der Waals surface area contributed by atoms with Gasteiger partial charge in [-0.1, -0.05) is 12.1 Å². The monoisotopic (exact) mass is 418 g/mol. The van der Waals surface area contributed by atoms with Gasteiger partial charge in [0.2, 0.25) is 11.8 Å². The number of nitrogens with zero attached hydrogens (tertiary/aromatic N) is 2. The summed E-state index contributed by atoms with van der Waals surface area (Å²) < 4.78 is 18.7. The van der Waals surface area contributed by atoms with Gasteiger partial charge in [-0.3, -0.25) is 14.4 Å². The zero-order valence-electron chi connectivity index (χ0n) is 17.7. The molecule has 2 saturated heterocycles. The molecule has 164 valence electrons. The van der Waals surface area contributed by atoms with E-state index in [0.29, 0.717) is 51.7 Å². The molecule has 1 aromatic rings. The number of carbonyl (C=O) groups is 3. The Morgan fingerprint density at radius 3 is 2.60 bits per heavy atom. The lowest BCUT2D eigenvalue weighted by molar-refractivity contribution is -0.161. The number of halogens is 1. The van der Waals surface area contributed by atoms with E-state index in [2.05, 4.69) is 0 Å². The molecule has 2 heterocycles. The van der Waals surface area contributed by atoms with Crippen LogP contribution in [0.2, 0.25) is 0 Å². The van der Waals surface area contributed by atoms with Gasteiger partial charge >= 0.3 is 5.97 Å². The Kier molecular flexibility index (Phi) is 7.45. The fourth-order valence-electron chi connectivity index (χ4n) is 4.52. The number of hydrogen-bond donors (Lipinski definition) is 0. The third kappa shape index (κ3) is 5.37. The summed E-state index contributed by atoms with van der Waals surface area (Å²) in [6.07, 6.45) is 4.25. The Bertz CT molecular complexity index is 767. The van der Waals surface area contributed by atoms with Crippen molar-refractivity contribution in [3.63, 3.8) is 0 Å². The van der Waals surface area contributed by atoms with E-state index in [0.717, 1.165) is 24.9 Å². The molecule has 2 aliphatic rings. The molecule has 0 aromatic heterocycles. The highest BCUT2D eigenvalue weighted by atomic mass is 19.1.